The predicted molar refractivity (Wildman–Crippen MR) is 63.4 cm³/mol. The van der Waals surface area contributed by atoms with Crippen LogP contribution in [0.5, 0.6) is 0 Å². The minimum atomic E-state index is -3.80. The fourth-order valence-electron chi connectivity index (χ4n) is 0.856. The van der Waals surface area contributed by atoms with Gasteiger partial charge in [-0.25, -0.2) is 13.1 Å². The number of azide groups is 1. The molecular weight excluding hydrogens is 282 g/mol. The average molecular weight is 291 g/mol. The third-order valence-corrected chi connectivity index (χ3v) is 4.15. The van der Waals surface area contributed by atoms with E-state index >= 15 is 0 Å². The lowest BCUT2D eigenvalue weighted by molar-refractivity contribution is -0.114. The van der Waals surface area contributed by atoms with Crippen molar-refractivity contribution in [3.63, 3.8) is 0 Å². The largest absolute Gasteiger partial charge is 0.301 e. The minimum absolute atomic E-state index is 0.00686. The summed E-state index contributed by atoms with van der Waals surface area (Å²) in [5.74, 6) is -0.369. The van der Waals surface area contributed by atoms with E-state index in [1.165, 1.54) is 6.92 Å². The molecule has 1 aromatic rings. The Morgan fingerprint density at radius 3 is 2.89 bits per heavy atom. The highest BCUT2D eigenvalue weighted by molar-refractivity contribution is 7.91. The first kappa shape index (κ1) is 14.3. The van der Waals surface area contributed by atoms with Gasteiger partial charge in [0.15, 0.2) is 0 Å². The second-order valence-corrected chi connectivity index (χ2v) is 5.82. The van der Waals surface area contributed by atoms with Gasteiger partial charge in [0.05, 0.1) is 0 Å². The van der Waals surface area contributed by atoms with Crippen molar-refractivity contribution in [3.05, 3.63) is 10.4 Å². The van der Waals surface area contributed by atoms with Crippen molar-refractivity contribution in [2.75, 3.05) is 18.4 Å². The zero-order chi connectivity index (χ0) is 13.6. The Bertz CT molecular complexity index is 574. The summed E-state index contributed by atoms with van der Waals surface area (Å²) in [6.07, 6.45) is 0. The number of carbonyl (C=O) groups excluding carboxylic acids is 1. The second kappa shape index (κ2) is 6.26. The molecule has 0 atom stereocenters. The van der Waals surface area contributed by atoms with E-state index in [-0.39, 0.29) is 28.5 Å². The Morgan fingerprint density at radius 2 is 2.28 bits per heavy atom. The maximum atomic E-state index is 11.6. The van der Waals surface area contributed by atoms with Gasteiger partial charge in [0.2, 0.25) is 15.4 Å². The fourth-order valence-corrected chi connectivity index (χ4v) is 2.86. The van der Waals surface area contributed by atoms with Crippen LogP contribution >= 0.6 is 11.3 Å². The van der Waals surface area contributed by atoms with Crippen molar-refractivity contribution in [1.82, 2.24) is 14.9 Å². The number of nitrogens with one attached hydrogen (secondary N) is 2. The van der Waals surface area contributed by atoms with Crippen molar-refractivity contribution in [2.45, 2.75) is 11.3 Å². The standard InChI is InChI=1S/C6H9N7O3S2/c1-4(14)10-5-11-12-6(17-5)18(15,16)9-3-2-8-13-7/h9H,2-3H2,1H3,(H,10,11,14). The van der Waals surface area contributed by atoms with Crippen LogP contribution in [0.4, 0.5) is 5.13 Å². The molecule has 0 aliphatic heterocycles. The molecule has 0 aromatic carbocycles. The number of anilines is 1. The summed E-state index contributed by atoms with van der Waals surface area (Å²) in [4.78, 5) is 13.2. The number of carbonyl (C=O) groups is 1. The first-order valence-electron chi connectivity index (χ1n) is 4.57. The highest BCUT2D eigenvalue weighted by atomic mass is 32.2. The highest BCUT2D eigenvalue weighted by Gasteiger charge is 2.19. The summed E-state index contributed by atoms with van der Waals surface area (Å²) in [5.41, 5.74) is 8.02. The minimum Gasteiger partial charge on any atom is -0.301 e. The summed E-state index contributed by atoms with van der Waals surface area (Å²) in [6, 6.07) is 0. The molecule has 98 valence electrons. The van der Waals surface area contributed by atoms with Crippen molar-refractivity contribution >= 4 is 32.4 Å². The van der Waals surface area contributed by atoms with E-state index < -0.39 is 10.0 Å². The quantitative estimate of drug-likeness (QED) is 0.250. The van der Waals surface area contributed by atoms with E-state index in [0.717, 1.165) is 11.3 Å². The molecule has 0 unspecified atom stereocenters. The molecule has 10 nitrogen and oxygen atoms in total. The van der Waals surface area contributed by atoms with E-state index in [4.69, 9.17) is 5.53 Å². The lowest BCUT2D eigenvalue weighted by Crippen LogP contribution is -2.26. The fraction of sp³-hybridized carbons (Fsp3) is 0.500. The van der Waals surface area contributed by atoms with Crippen LogP contribution in [0, 0.1) is 0 Å². The normalized spacial score (nSPS) is 10.7. The Hall–Kier alpha value is -1.75. The summed E-state index contributed by atoms with van der Waals surface area (Å²) in [7, 11) is -3.80. The van der Waals surface area contributed by atoms with Crippen LogP contribution in [-0.2, 0) is 14.8 Å². The van der Waals surface area contributed by atoms with Gasteiger partial charge in [-0.1, -0.05) is 16.5 Å². The van der Waals surface area contributed by atoms with Gasteiger partial charge in [-0.15, -0.1) is 10.2 Å². The van der Waals surface area contributed by atoms with Crippen LogP contribution in [0.3, 0.4) is 0 Å². The molecule has 0 bridgehead atoms. The molecule has 1 aromatic heterocycles. The number of hydrogen-bond acceptors (Lipinski definition) is 7. The van der Waals surface area contributed by atoms with Crippen LogP contribution in [-0.4, -0.2) is 37.6 Å². The molecule has 12 heteroatoms. The molecule has 0 saturated carbocycles. The molecule has 0 spiro atoms. The van der Waals surface area contributed by atoms with Crippen molar-refractivity contribution < 1.29 is 13.2 Å². The van der Waals surface area contributed by atoms with Gasteiger partial charge >= 0.3 is 0 Å². The molecule has 0 saturated heterocycles. The number of sulfonamides is 1. The lowest BCUT2D eigenvalue weighted by atomic mass is 10.7. The predicted octanol–water partition coefficient (Wildman–Crippen LogP) is 0.0851. The first-order valence-corrected chi connectivity index (χ1v) is 6.87. The van der Waals surface area contributed by atoms with E-state index in [9.17, 15) is 13.2 Å². The summed E-state index contributed by atoms with van der Waals surface area (Å²) >= 11 is 0.724. The van der Waals surface area contributed by atoms with E-state index in [1.54, 1.807) is 0 Å². The SMILES string of the molecule is CC(=O)Nc1nnc(S(=O)(=O)NCCN=[N+]=[N-])s1. The zero-order valence-corrected chi connectivity index (χ0v) is 10.8. The van der Waals surface area contributed by atoms with Gasteiger partial charge in [-0.2, -0.15) is 0 Å². The Labute approximate surface area is 106 Å². The highest BCUT2D eigenvalue weighted by Crippen LogP contribution is 2.19. The van der Waals surface area contributed by atoms with Crippen molar-refractivity contribution in [3.8, 4) is 0 Å². The Morgan fingerprint density at radius 1 is 1.56 bits per heavy atom. The third kappa shape index (κ3) is 4.25. The molecule has 1 amide bonds. The topological polar surface area (TPSA) is 150 Å². The van der Waals surface area contributed by atoms with Crippen LogP contribution in [0.15, 0.2) is 9.45 Å². The van der Waals surface area contributed by atoms with Gasteiger partial charge in [-0.05, 0) is 5.53 Å². The number of rotatable bonds is 6. The number of nitrogens with zero attached hydrogens (tertiary/aromatic N) is 5. The molecule has 0 aliphatic carbocycles. The maximum absolute atomic E-state index is 11.6. The summed E-state index contributed by atoms with van der Waals surface area (Å²) < 4.78 is 25.2. The van der Waals surface area contributed by atoms with Gasteiger partial charge in [0, 0.05) is 24.9 Å². The Kier molecular flexibility index (Phi) is 4.97. The smallest absolute Gasteiger partial charge is 0.269 e. The number of aromatic nitrogens is 2. The zero-order valence-electron chi connectivity index (χ0n) is 9.19. The Balaban J connectivity index is 2.69. The van der Waals surface area contributed by atoms with Crippen LogP contribution < -0.4 is 10.0 Å². The van der Waals surface area contributed by atoms with E-state index in [0.29, 0.717) is 0 Å². The molecular formula is C6H9N7O3S2. The summed E-state index contributed by atoms with van der Waals surface area (Å²) in [5, 5.41) is 12.5. The van der Waals surface area contributed by atoms with Gasteiger partial charge in [0.1, 0.15) is 0 Å². The van der Waals surface area contributed by atoms with Crippen LogP contribution in [0.25, 0.3) is 10.4 Å². The molecule has 2 N–H and O–H groups in total. The molecule has 1 rings (SSSR count). The molecule has 18 heavy (non-hydrogen) atoms. The van der Waals surface area contributed by atoms with Gasteiger partial charge in [-0.3, -0.25) is 4.79 Å². The van der Waals surface area contributed by atoms with Crippen molar-refractivity contribution in [2.24, 2.45) is 5.11 Å². The first-order chi connectivity index (χ1) is 8.45. The second-order valence-electron chi connectivity index (χ2n) is 2.91. The van der Waals surface area contributed by atoms with Gasteiger partial charge < -0.3 is 5.32 Å². The lowest BCUT2D eigenvalue weighted by Gasteiger charge is -1.99. The number of hydrogen-bond donors (Lipinski definition) is 2. The van der Waals surface area contributed by atoms with E-state index in [1.807, 2.05) is 0 Å². The molecule has 0 aliphatic rings. The average Bonchev–Trinajstić information content (AvgIpc) is 2.73. The summed E-state index contributed by atoms with van der Waals surface area (Å²) in [6.45, 7) is 1.22. The van der Waals surface area contributed by atoms with Gasteiger partial charge in [0.25, 0.3) is 10.0 Å². The third-order valence-electron chi connectivity index (χ3n) is 1.49. The van der Waals surface area contributed by atoms with Crippen LogP contribution in [0.2, 0.25) is 0 Å². The maximum Gasteiger partial charge on any atom is 0.269 e. The molecule has 0 radical (unpaired) electrons. The van der Waals surface area contributed by atoms with E-state index in [2.05, 4.69) is 30.3 Å². The molecule has 1 heterocycles. The monoisotopic (exact) mass is 291 g/mol. The van der Waals surface area contributed by atoms with Crippen LogP contribution in [0.1, 0.15) is 6.92 Å². The number of amides is 1. The molecule has 0 fully saturated rings. The van der Waals surface area contributed by atoms with Crippen molar-refractivity contribution in [1.29, 1.82) is 0 Å².